The van der Waals surface area contributed by atoms with E-state index >= 15 is 0 Å². The molecule has 1 atom stereocenters. The van der Waals surface area contributed by atoms with Gasteiger partial charge in [0.2, 0.25) is 0 Å². The number of imide groups is 1. The van der Waals surface area contributed by atoms with Crippen LogP contribution in [0, 0.1) is 5.92 Å². The summed E-state index contributed by atoms with van der Waals surface area (Å²) in [6, 6.07) is 12.2. The molecule has 0 bridgehead atoms. The number of carbonyl (C=O) groups excluding carboxylic acids is 2. The molecule has 0 aliphatic carbocycles. The van der Waals surface area contributed by atoms with E-state index in [9.17, 15) is 9.59 Å². The van der Waals surface area contributed by atoms with E-state index in [1.165, 1.54) is 64.2 Å². The third kappa shape index (κ3) is 6.80. The Morgan fingerprint density at radius 2 is 1.11 bits per heavy atom. The van der Waals surface area contributed by atoms with Crippen molar-refractivity contribution in [2.45, 2.75) is 90.9 Å². The maximum atomic E-state index is 13.9. The quantitative estimate of drug-likeness (QED) is 0.135. The van der Waals surface area contributed by atoms with Gasteiger partial charge in [-0.05, 0) is 41.7 Å². The number of hydrogen-bond acceptors (Lipinski definition) is 4. The number of amides is 2. The molecule has 3 heterocycles. The number of thiophene rings is 2. The Labute approximate surface area is 230 Å². The average molecular weight is 536 g/mol. The first kappa shape index (κ1) is 27.8. The average Bonchev–Trinajstić information content (AvgIpc) is 3.68. The van der Waals surface area contributed by atoms with E-state index in [-0.39, 0.29) is 11.8 Å². The first-order chi connectivity index (χ1) is 18.2. The van der Waals surface area contributed by atoms with Crippen molar-refractivity contribution in [1.29, 1.82) is 0 Å². The summed E-state index contributed by atoms with van der Waals surface area (Å²) in [4.78, 5) is 31.5. The molecule has 1 aliphatic heterocycles. The third-order valence-electron chi connectivity index (χ3n) is 7.57. The summed E-state index contributed by atoms with van der Waals surface area (Å²) in [5.41, 5.74) is 2.98. The van der Waals surface area contributed by atoms with E-state index in [2.05, 4.69) is 13.8 Å². The zero-order chi connectivity index (χ0) is 26.0. The fourth-order valence-electron chi connectivity index (χ4n) is 5.51. The Morgan fingerprint density at radius 3 is 1.57 bits per heavy atom. The van der Waals surface area contributed by atoms with Crippen molar-refractivity contribution in [2.75, 3.05) is 6.54 Å². The van der Waals surface area contributed by atoms with E-state index in [4.69, 9.17) is 0 Å². The number of fused-ring (bicyclic) bond motifs is 1. The van der Waals surface area contributed by atoms with Gasteiger partial charge in [-0.15, -0.1) is 22.7 Å². The first-order valence-electron chi connectivity index (χ1n) is 14.3. The summed E-state index contributed by atoms with van der Waals surface area (Å²) in [6.45, 7) is 5.03. The molecule has 198 valence electrons. The number of rotatable bonds is 16. The van der Waals surface area contributed by atoms with Crippen molar-refractivity contribution in [1.82, 2.24) is 4.90 Å². The van der Waals surface area contributed by atoms with Gasteiger partial charge in [0.05, 0.1) is 11.1 Å². The minimum Gasteiger partial charge on any atom is -0.274 e. The van der Waals surface area contributed by atoms with Crippen LogP contribution >= 0.6 is 22.7 Å². The molecule has 1 aromatic carbocycles. The van der Waals surface area contributed by atoms with E-state index in [1.807, 2.05) is 47.2 Å². The van der Waals surface area contributed by atoms with Crippen LogP contribution in [0.3, 0.4) is 0 Å². The maximum Gasteiger partial charge on any atom is 0.262 e. The minimum absolute atomic E-state index is 0.108. The second-order valence-corrected chi connectivity index (χ2v) is 12.3. The molecule has 2 aromatic heterocycles. The van der Waals surface area contributed by atoms with Crippen LogP contribution in [0.1, 0.15) is 112 Å². The van der Waals surface area contributed by atoms with Gasteiger partial charge in [-0.1, -0.05) is 102 Å². The molecule has 0 radical (unpaired) electrons. The van der Waals surface area contributed by atoms with Gasteiger partial charge < -0.3 is 0 Å². The third-order valence-corrected chi connectivity index (χ3v) is 9.38. The first-order valence-corrected chi connectivity index (χ1v) is 16.0. The Hall–Kier alpha value is -2.24. The summed E-state index contributed by atoms with van der Waals surface area (Å²) in [5, 5.41) is 4.06. The van der Waals surface area contributed by atoms with Crippen molar-refractivity contribution in [3.8, 4) is 20.9 Å². The van der Waals surface area contributed by atoms with Crippen LogP contribution in [-0.4, -0.2) is 23.3 Å². The molecule has 3 aromatic rings. The predicted octanol–water partition coefficient (Wildman–Crippen LogP) is 10.1. The topological polar surface area (TPSA) is 37.4 Å². The van der Waals surface area contributed by atoms with Crippen LogP contribution in [-0.2, 0) is 0 Å². The van der Waals surface area contributed by atoms with Crippen molar-refractivity contribution >= 4 is 34.5 Å². The van der Waals surface area contributed by atoms with Gasteiger partial charge in [0.25, 0.3) is 11.8 Å². The second-order valence-electron chi connectivity index (χ2n) is 10.4. The molecule has 0 fully saturated rings. The van der Waals surface area contributed by atoms with Gasteiger partial charge in [-0.2, -0.15) is 0 Å². The number of carbonyl (C=O) groups is 2. The summed E-state index contributed by atoms with van der Waals surface area (Å²) in [6.07, 6.45) is 14.7. The summed E-state index contributed by atoms with van der Waals surface area (Å²) >= 11 is 3.24. The molecule has 0 saturated heterocycles. The molecule has 4 rings (SSSR count). The molecular formula is C32H41NO2S2. The van der Waals surface area contributed by atoms with Gasteiger partial charge >= 0.3 is 0 Å². The van der Waals surface area contributed by atoms with Crippen molar-refractivity contribution in [3.63, 3.8) is 0 Å². The molecule has 37 heavy (non-hydrogen) atoms. The highest BCUT2D eigenvalue weighted by Crippen LogP contribution is 2.41. The maximum absolute atomic E-state index is 13.9. The van der Waals surface area contributed by atoms with Crippen LogP contribution in [0.15, 0.2) is 47.2 Å². The van der Waals surface area contributed by atoms with E-state index in [0.29, 0.717) is 23.6 Å². The number of hydrogen-bond donors (Lipinski definition) is 0. The van der Waals surface area contributed by atoms with Gasteiger partial charge in [-0.3, -0.25) is 14.5 Å². The van der Waals surface area contributed by atoms with E-state index < -0.39 is 0 Å². The minimum atomic E-state index is -0.108. The van der Waals surface area contributed by atoms with Crippen molar-refractivity contribution < 1.29 is 9.59 Å². The van der Waals surface area contributed by atoms with Gasteiger partial charge in [0, 0.05) is 27.4 Å². The van der Waals surface area contributed by atoms with E-state index in [1.54, 1.807) is 27.6 Å². The molecular weight excluding hydrogens is 494 g/mol. The number of unbranched alkanes of at least 4 members (excludes halogenated alkanes) is 8. The summed E-state index contributed by atoms with van der Waals surface area (Å²) in [5.74, 6) is 0.159. The van der Waals surface area contributed by atoms with Crippen LogP contribution < -0.4 is 0 Å². The Balaban J connectivity index is 1.56. The molecule has 0 spiro atoms. The Bertz CT molecular complexity index is 1060. The summed E-state index contributed by atoms with van der Waals surface area (Å²) in [7, 11) is 0. The lowest BCUT2D eigenvalue weighted by Crippen LogP contribution is -2.34. The van der Waals surface area contributed by atoms with Crippen LogP contribution in [0.2, 0.25) is 0 Å². The van der Waals surface area contributed by atoms with Crippen LogP contribution in [0.25, 0.3) is 20.9 Å². The molecule has 1 aliphatic rings. The normalized spacial score (nSPS) is 13.9. The lowest BCUT2D eigenvalue weighted by atomic mass is 9.93. The largest absolute Gasteiger partial charge is 0.274 e. The number of benzene rings is 1. The zero-order valence-corrected chi connectivity index (χ0v) is 24.1. The standard InChI is InChI=1S/C32H41NO2S2/c1-3-5-7-9-10-12-16-24(15-11-8-6-4-2)23-33-31(34)29-25(27-17-13-21-36-27)19-20-26(30(29)32(33)35)28-18-14-22-37-28/h13-14,17-22,24H,3-12,15-16,23H2,1-2H3. The van der Waals surface area contributed by atoms with E-state index in [0.717, 1.165) is 33.7 Å². The lowest BCUT2D eigenvalue weighted by molar-refractivity contribution is 0.0622. The molecule has 1 unspecified atom stereocenters. The van der Waals surface area contributed by atoms with Crippen molar-refractivity contribution in [2.24, 2.45) is 5.92 Å². The highest BCUT2D eigenvalue weighted by atomic mass is 32.1. The zero-order valence-electron chi connectivity index (χ0n) is 22.5. The van der Waals surface area contributed by atoms with Crippen LogP contribution in [0.5, 0.6) is 0 Å². The SMILES string of the molecule is CCCCCCCCC(CCCCCC)CN1C(=O)c2c(-c3cccs3)ccc(-c3cccs3)c2C1=O. The monoisotopic (exact) mass is 535 g/mol. The Kier molecular flexibility index (Phi) is 10.6. The predicted molar refractivity (Wildman–Crippen MR) is 159 cm³/mol. The van der Waals surface area contributed by atoms with Crippen LogP contribution in [0.4, 0.5) is 0 Å². The van der Waals surface area contributed by atoms with Crippen molar-refractivity contribution in [3.05, 3.63) is 58.3 Å². The summed E-state index contributed by atoms with van der Waals surface area (Å²) < 4.78 is 0. The molecule has 2 amide bonds. The smallest absolute Gasteiger partial charge is 0.262 e. The number of nitrogens with zero attached hydrogens (tertiary/aromatic N) is 1. The lowest BCUT2D eigenvalue weighted by Gasteiger charge is -2.23. The highest BCUT2D eigenvalue weighted by Gasteiger charge is 2.40. The van der Waals surface area contributed by atoms with Gasteiger partial charge in [0.1, 0.15) is 0 Å². The molecule has 3 nitrogen and oxygen atoms in total. The fraction of sp³-hybridized carbons (Fsp3) is 0.500. The fourth-order valence-corrected chi connectivity index (χ4v) is 7.02. The highest BCUT2D eigenvalue weighted by molar-refractivity contribution is 7.14. The van der Waals surface area contributed by atoms with Gasteiger partial charge in [-0.25, -0.2) is 0 Å². The molecule has 0 N–H and O–H groups in total. The Morgan fingerprint density at radius 1 is 0.649 bits per heavy atom. The molecule has 0 saturated carbocycles. The molecule has 5 heteroatoms. The second kappa shape index (κ2) is 14.1. The van der Waals surface area contributed by atoms with Gasteiger partial charge in [0.15, 0.2) is 0 Å².